The number of likely N-dealkylation sites (N-methyl/N-ethyl adjacent to an activating group) is 1. The van der Waals surface area contributed by atoms with Gasteiger partial charge in [0, 0.05) is 36.8 Å². The van der Waals surface area contributed by atoms with E-state index in [0.29, 0.717) is 36.3 Å². The van der Waals surface area contributed by atoms with Gasteiger partial charge in [-0.1, -0.05) is 43.5 Å². The Labute approximate surface area is 256 Å². The molecular formula is C34H40F2N6O2. The van der Waals surface area contributed by atoms with Crippen LogP contribution in [-0.2, 0) is 0 Å². The Hall–Kier alpha value is -3.63. The molecule has 1 saturated carbocycles. The van der Waals surface area contributed by atoms with E-state index >= 15 is 4.39 Å². The number of hydrogen-bond donors (Lipinski definition) is 2. The van der Waals surface area contributed by atoms with Crippen molar-refractivity contribution in [3.63, 3.8) is 0 Å². The SMILES string of the molecule is CN(C)C1(CNc2nc(OC[C@@]34CCCN3C[C@H](F)C4)nc3c(F)c(-c4cc(O)cc5ccccc45)ncc23)CCCCC1. The molecule has 0 radical (unpaired) electrons. The fraction of sp³-hybridized carbons (Fsp3) is 0.500. The van der Waals surface area contributed by atoms with Crippen LogP contribution in [0, 0.1) is 5.82 Å². The molecule has 2 aliphatic heterocycles. The van der Waals surface area contributed by atoms with Gasteiger partial charge in [0.15, 0.2) is 5.82 Å². The van der Waals surface area contributed by atoms with E-state index in [1.807, 2.05) is 24.3 Å². The number of aromatic nitrogens is 3. The minimum absolute atomic E-state index is 0.0265. The number of anilines is 1. The lowest BCUT2D eigenvalue weighted by molar-refractivity contribution is 0.107. The maximum absolute atomic E-state index is 16.6. The summed E-state index contributed by atoms with van der Waals surface area (Å²) >= 11 is 0. The standard InChI is InChI=1S/C34H40F2N6O2/c1-41(2)33(11-6-3-7-12-33)20-38-31-27-18-37-29(26-16-24(43)15-22-9-4-5-10-25(22)26)28(36)30(27)39-32(40-31)44-21-34-13-8-14-42(34)19-23(35)17-34/h4-5,9-10,15-16,18,23,43H,3,6-8,11-14,17,19-21H2,1-2H3,(H,38,39,40)/t23-,34+/m1/s1. The Balaban J connectivity index is 1.30. The maximum atomic E-state index is 16.6. The van der Waals surface area contributed by atoms with Gasteiger partial charge >= 0.3 is 6.01 Å². The van der Waals surface area contributed by atoms with Crippen LogP contribution < -0.4 is 10.1 Å². The largest absolute Gasteiger partial charge is 0.508 e. The number of ether oxygens (including phenoxy) is 1. The van der Waals surface area contributed by atoms with Crippen molar-refractivity contribution >= 4 is 27.5 Å². The number of nitrogens with one attached hydrogen (secondary N) is 1. The third-order valence-electron chi connectivity index (χ3n) is 10.3. The molecule has 0 bridgehead atoms. The summed E-state index contributed by atoms with van der Waals surface area (Å²) in [5.41, 5.74) is 0.226. The highest BCUT2D eigenvalue weighted by Gasteiger charge is 2.49. The zero-order chi connectivity index (χ0) is 30.5. The summed E-state index contributed by atoms with van der Waals surface area (Å²) in [5, 5.41) is 16.0. The Bertz CT molecular complexity index is 1690. The van der Waals surface area contributed by atoms with Crippen molar-refractivity contribution in [3.05, 3.63) is 48.4 Å². The van der Waals surface area contributed by atoms with Crippen LogP contribution in [-0.4, -0.2) is 87.4 Å². The predicted molar refractivity (Wildman–Crippen MR) is 168 cm³/mol. The molecule has 0 amide bonds. The van der Waals surface area contributed by atoms with Gasteiger partial charge < -0.3 is 20.1 Å². The molecule has 4 heterocycles. The Morgan fingerprint density at radius 3 is 2.70 bits per heavy atom. The summed E-state index contributed by atoms with van der Waals surface area (Å²) in [5.74, 6) is -0.122. The van der Waals surface area contributed by atoms with Crippen molar-refractivity contribution in [1.82, 2.24) is 24.8 Å². The number of rotatable bonds is 8. The molecule has 2 atom stereocenters. The van der Waals surface area contributed by atoms with E-state index in [-0.39, 0.29) is 40.7 Å². The molecule has 0 unspecified atom stereocenters. The minimum atomic E-state index is -0.880. The lowest BCUT2D eigenvalue weighted by Crippen LogP contribution is -2.51. The van der Waals surface area contributed by atoms with Crippen molar-refractivity contribution in [2.75, 3.05) is 45.7 Å². The monoisotopic (exact) mass is 602 g/mol. The van der Waals surface area contributed by atoms with Crippen LogP contribution in [0.1, 0.15) is 51.4 Å². The molecule has 10 heteroatoms. The van der Waals surface area contributed by atoms with Crippen molar-refractivity contribution in [1.29, 1.82) is 0 Å². The highest BCUT2D eigenvalue weighted by molar-refractivity contribution is 5.99. The normalized spacial score (nSPS) is 23.4. The second-order valence-corrected chi connectivity index (χ2v) is 13.1. The van der Waals surface area contributed by atoms with Crippen LogP contribution in [0.5, 0.6) is 11.8 Å². The van der Waals surface area contributed by atoms with E-state index in [0.717, 1.165) is 55.8 Å². The first-order valence-electron chi connectivity index (χ1n) is 15.8. The van der Waals surface area contributed by atoms with Gasteiger partial charge in [0.1, 0.15) is 35.6 Å². The number of nitrogens with zero attached hydrogens (tertiary/aromatic N) is 5. The van der Waals surface area contributed by atoms with E-state index < -0.39 is 12.0 Å². The molecule has 2 saturated heterocycles. The lowest BCUT2D eigenvalue weighted by atomic mass is 9.80. The summed E-state index contributed by atoms with van der Waals surface area (Å²) < 4.78 is 37.3. The summed E-state index contributed by atoms with van der Waals surface area (Å²) in [7, 11) is 4.22. The van der Waals surface area contributed by atoms with E-state index in [1.165, 1.54) is 12.5 Å². The number of phenols is 1. The highest BCUT2D eigenvalue weighted by Crippen LogP contribution is 2.41. The van der Waals surface area contributed by atoms with Crippen molar-refractivity contribution < 1.29 is 18.6 Å². The first-order chi connectivity index (χ1) is 21.3. The number of benzene rings is 2. The number of aromatic hydroxyl groups is 1. The molecule has 232 valence electrons. The average Bonchev–Trinajstić information content (AvgIpc) is 3.55. The number of phenolic OH excluding ortho intramolecular Hbond substituents is 1. The second kappa shape index (κ2) is 11.4. The van der Waals surface area contributed by atoms with Gasteiger partial charge in [0.25, 0.3) is 0 Å². The molecule has 2 N–H and O–H groups in total. The fourth-order valence-electron chi connectivity index (χ4n) is 7.80. The van der Waals surface area contributed by atoms with Crippen molar-refractivity contribution in [3.8, 4) is 23.0 Å². The number of halogens is 2. The van der Waals surface area contributed by atoms with E-state index in [9.17, 15) is 9.50 Å². The predicted octanol–water partition coefficient (Wildman–Crippen LogP) is 6.32. The average molecular weight is 603 g/mol. The molecule has 3 aliphatic rings. The first kappa shape index (κ1) is 29.1. The quantitative estimate of drug-likeness (QED) is 0.242. The van der Waals surface area contributed by atoms with Gasteiger partial charge in [0.2, 0.25) is 0 Å². The summed E-state index contributed by atoms with van der Waals surface area (Å²) in [6.45, 7) is 2.15. The molecule has 7 rings (SSSR count). The van der Waals surface area contributed by atoms with Gasteiger partial charge in [0.05, 0.1) is 10.9 Å². The number of pyridine rings is 1. The Kier molecular flexibility index (Phi) is 7.53. The Morgan fingerprint density at radius 1 is 1.07 bits per heavy atom. The van der Waals surface area contributed by atoms with Gasteiger partial charge in [-0.15, -0.1) is 0 Å². The van der Waals surface area contributed by atoms with Crippen LogP contribution in [0.4, 0.5) is 14.6 Å². The van der Waals surface area contributed by atoms with Crippen LogP contribution in [0.15, 0.2) is 42.6 Å². The molecule has 0 spiro atoms. The molecular weight excluding hydrogens is 562 g/mol. The van der Waals surface area contributed by atoms with E-state index in [2.05, 4.69) is 39.2 Å². The number of alkyl halides is 1. The van der Waals surface area contributed by atoms with Crippen LogP contribution in [0.3, 0.4) is 0 Å². The lowest BCUT2D eigenvalue weighted by Gasteiger charge is -2.43. The topological polar surface area (TPSA) is 86.6 Å². The molecule has 8 nitrogen and oxygen atoms in total. The van der Waals surface area contributed by atoms with Gasteiger partial charge in [-0.2, -0.15) is 9.97 Å². The Morgan fingerprint density at radius 2 is 1.89 bits per heavy atom. The molecule has 2 aromatic heterocycles. The van der Waals surface area contributed by atoms with Crippen molar-refractivity contribution in [2.24, 2.45) is 0 Å². The third-order valence-corrected chi connectivity index (χ3v) is 10.3. The van der Waals surface area contributed by atoms with Crippen LogP contribution >= 0.6 is 0 Å². The van der Waals surface area contributed by atoms with E-state index in [1.54, 1.807) is 12.3 Å². The summed E-state index contributed by atoms with van der Waals surface area (Å²) in [6, 6.07) is 10.7. The molecule has 44 heavy (non-hydrogen) atoms. The summed E-state index contributed by atoms with van der Waals surface area (Å²) in [6.07, 6.45) is 8.65. The highest BCUT2D eigenvalue weighted by atomic mass is 19.1. The third kappa shape index (κ3) is 5.11. The second-order valence-electron chi connectivity index (χ2n) is 13.1. The zero-order valence-electron chi connectivity index (χ0n) is 25.5. The fourth-order valence-corrected chi connectivity index (χ4v) is 7.80. The maximum Gasteiger partial charge on any atom is 0.319 e. The molecule has 4 aromatic rings. The summed E-state index contributed by atoms with van der Waals surface area (Å²) in [4.78, 5) is 18.4. The molecule has 2 aromatic carbocycles. The molecule has 3 fully saturated rings. The van der Waals surface area contributed by atoms with Crippen LogP contribution in [0.25, 0.3) is 32.9 Å². The number of hydrogen-bond acceptors (Lipinski definition) is 8. The smallest absolute Gasteiger partial charge is 0.319 e. The van der Waals surface area contributed by atoms with Gasteiger partial charge in [-0.3, -0.25) is 9.88 Å². The van der Waals surface area contributed by atoms with Crippen LogP contribution in [0.2, 0.25) is 0 Å². The van der Waals surface area contributed by atoms with Gasteiger partial charge in [-0.25, -0.2) is 8.78 Å². The van der Waals surface area contributed by atoms with E-state index in [4.69, 9.17) is 9.72 Å². The minimum Gasteiger partial charge on any atom is -0.508 e. The van der Waals surface area contributed by atoms with Gasteiger partial charge in [-0.05, 0) is 69.2 Å². The van der Waals surface area contributed by atoms with Crippen molar-refractivity contribution in [2.45, 2.75) is 68.6 Å². The molecule has 1 aliphatic carbocycles. The number of fused-ring (bicyclic) bond motifs is 3. The zero-order valence-corrected chi connectivity index (χ0v) is 25.5. The first-order valence-corrected chi connectivity index (χ1v) is 15.8.